The van der Waals surface area contributed by atoms with E-state index in [4.69, 9.17) is 27.9 Å². The molecule has 0 aliphatic carbocycles. The van der Waals surface area contributed by atoms with E-state index in [0.29, 0.717) is 16.1 Å². The lowest BCUT2D eigenvalue weighted by Crippen LogP contribution is -2.27. The van der Waals surface area contributed by atoms with E-state index in [1.54, 1.807) is 12.4 Å². The highest BCUT2D eigenvalue weighted by Gasteiger charge is 2.31. The van der Waals surface area contributed by atoms with Crippen LogP contribution in [0.5, 0.6) is 0 Å². The van der Waals surface area contributed by atoms with Crippen molar-refractivity contribution in [2.75, 3.05) is 13.2 Å². The fraction of sp³-hybridized carbons (Fsp3) is 0.273. The fourth-order valence-corrected chi connectivity index (χ4v) is 5.21. The predicted molar refractivity (Wildman–Crippen MR) is 121 cm³/mol. The average Bonchev–Trinajstić information content (AvgIpc) is 3.08. The largest absolute Gasteiger partial charge is 0.381 e. The number of hydrogen-bond donors (Lipinski definition) is 0. The lowest BCUT2D eigenvalue weighted by molar-refractivity contribution is 0.0553. The minimum absolute atomic E-state index is 0.0777. The minimum Gasteiger partial charge on any atom is -0.381 e. The molecule has 0 spiro atoms. The molecule has 4 aromatic rings. The second-order valence-electron chi connectivity index (χ2n) is 7.32. The highest BCUT2D eigenvalue weighted by atomic mass is 79.9. The van der Waals surface area contributed by atoms with Crippen LogP contribution in [0.2, 0.25) is 10.2 Å². The maximum absolute atomic E-state index is 6.66. The normalized spacial score (nSPS) is 16.5. The molecule has 0 saturated carbocycles. The van der Waals surface area contributed by atoms with Gasteiger partial charge in [0.05, 0.1) is 27.6 Å². The van der Waals surface area contributed by atoms with Gasteiger partial charge in [0.1, 0.15) is 0 Å². The molecule has 0 N–H and O–H groups in total. The molecule has 3 aromatic heterocycles. The van der Waals surface area contributed by atoms with Crippen molar-refractivity contribution in [2.24, 2.45) is 5.92 Å². The molecule has 1 aliphatic rings. The molecule has 1 atom stereocenters. The Morgan fingerprint density at radius 2 is 1.83 bits per heavy atom. The molecule has 0 amide bonds. The second kappa shape index (κ2) is 7.88. The molecule has 5 rings (SSSR count). The Morgan fingerprint density at radius 1 is 1.07 bits per heavy atom. The number of hydrogen-bond acceptors (Lipinski definition) is 3. The van der Waals surface area contributed by atoms with E-state index in [2.05, 4.69) is 60.8 Å². The zero-order chi connectivity index (χ0) is 20.0. The molecule has 4 nitrogen and oxygen atoms in total. The highest BCUT2D eigenvalue weighted by molar-refractivity contribution is 9.10. The van der Waals surface area contributed by atoms with E-state index in [1.165, 1.54) is 5.56 Å². The first kappa shape index (κ1) is 19.3. The van der Waals surface area contributed by atoms with Gasteiger partial charge in [-0.1, -0.05) is 53.5 Å². The molecule has 0 radical (unpaired) electrons. The summed E-state index contributed by atoms with van der Waals surface area (Å²) < 4.78 is 8.85. The smallest absolute Gasteiger partial charge is 0.153 e. The summed E-state index contributed by atoms with van der Waals surface area (Å²) in [4.78, 5) is 9.04. The van der Waals surface area contributed by atoms with Crippen molar-refractivity contribution >= 4 is 61.1 Å². The number of nitrogens with zero attached hydrogens (tertiary/aromatic N) is 3. The molecular formula is C22H18BrCl2N3O. The van der Waals surface area contributed by atoms with Crippen molar-refractivity contribution in [1.82, 2.24) is 14.5 Å². The summed E-state index contributed by atoms with van der Waals surface area (Å²) in [5.41, 5.74) is 3.89. The Hall–Kier alpha value is -1.66. The summed E-state index contributed by atoms with van der Waals surface area (Å²) in [6, 6.07) is 12.7. The monoisotopic (exact) mass is 489 g/mol. The third kappa shape index (κ3) is 3.34. The lowest BCUT2D eigenvalue weighted by Gasteiger charge is -2.33. The molecule has 1 fully saturated rings. The SMILES string of the molecule is Clc1cnc(Cl)c2c1c1ncc(Br)cc1n2[C@H](c1ccccc1)C1CCOCC1. The van der Waals surface area contributed by atoms with Gasteiger partial charge in [0, 0.05) is 35.5 Å². The summed E-state index contributed by atoms with van der Waals surface area (Å²) in [6.07, 6.45) is 5.36. The third-order valence-electron chi connectivity index (χ3n) is 5.67. The van der Waals surface area contributed by atoms with Gasteiger partial charge in [0.25, 0.3) is 0 Å². The van der Waals surface area contributed by atoms with E-state index < -0.39 is 0 Å². The van der Waals surface area contributed by atoms with Crippen LogP contribution in [0.3, 0.4) is 0 Å². The molecule has 148 valence electrons. The molecule has 1 aliphatic heterocycles. The van der Waals surface area contributed by atoms with Gasteiger partial charge < -0.3 is 9.30 Å². The van der Waals surface area contributed by atoms with Crippen LogP contribution < -0.4 is 0 Å². The number of benzene rings is 1. The van der Waals surface area contributed by atoms with E-state index in [1.807, 2.05) is 6.07 Å². The van der Waals surface area contributed by atoms with E-state index in [9.17, 15) is 0 Å². The molecule has 0 bridgehead atoms. The minimum atomic E-state index is 0.0777. The number of halogens is 3. The summed E-state index contributed by atoms with van der Waals surface area (Å²) in [6.45, 7) is 1.53. The Labute approximate surface area is 186 Å². The predicted octanol–water partition coefficient (Wildman–Crippen LogP) is 6.67. The summed E-state index contributed by atoms with van der Waals surface area (Å²) in [5, 5.41) is 1.84. The van der Waals surface area contributed by atoms with Crippen LogP contribution in [0.1, 0.15) is 24.4 Å². The zero-order valence-corrected chi connectivity index (χ0v) is 18.6. The first-order valence-electron chi connectivity index (χ1n) is 9.57. The van der Waals surface area contributed by atoms with Crippen LogP contribution >= 0.6 is 39.1 Å². The fourth-order valence-electron chi connectivity index (χ4n) is 4.43. The van der Waals surface area contributed by atoms with Crippen molar-refractivity contribution in [3.8, 4) is 0 Å². The van der Waals surface area contributed by atoms with Crippen LogP contribution in [-0.4, -0.2) is 27.7 Å². The Balaban J connectivity index is 1.89. The topological polar surface area (TPSA) is 39.9 Å². The molecule has 7 heteroatoms. The molecule has 1 saturated heterocycles. The number of fused-ring (bicyclic) bond motifs is 3. The van der Waals surface area contributed by atoms with Gasteiger partial charge in [0.2, 0.25) is 0 Å². The van der Waals surface area contributed by atoms with Crippen molar-refractivity contribution in [3.05, 3.63) is 69.0 Å². The van der Waals surface area contributed by atoms with Gasteiger partial charge in [-0.3, -0.25) is 4.98 Å². The quantitative estimate of drug-likeness (QED) is 0.301. The second-order valence-corrected chi connectivity index (χ2v) is 9.00. The van der Waals surface area contributed by atoms with Crippen LogP contribution in [0.25, 0.3) is 21.9 Å². The summed E-state index contributed by atoms with van der Waals surface area (Å²) in [5.74, 6) is 0.402. The highest BCUT2D eigenvalue weighted by Crippen LogP contribution is 2.43. The van der Waals surface area contributed by atoms with E-state index >= 15 is 0 Å². The van der Waals surface area contributed by atoms with E-state index in [-0.39, 0.29) is 6.04 Å². The van der Waals surface area contributed by atoms with Crippen molar-refractivity contribution in [3.63, 3.8) is 0 Å². The average molecular weight is 491 g/mol. The zero-order valence-electron chi connectivity index (χ0n) is 15.5. The number of ether oxygens (including phenoxy) is 1. The van der Waals surface area contributed by atoms with Crippen LogP contribution in [-0.2, 0) is 4.74 Å². The standard InChI is InChI=1S/C22H18BrCl2N3O/c23-15-10-17-19(26-11-15)18-16(24)12-27-22(25)21(18)28(17)20(13-4-2-1-3-5-13)14-6-8-29-9-7-14/h1-5,10-12,14,20H,6-9H2/t20-/m1/s1. The Kier molecular flexibility index (Phi) is 5.25. The third-order valence-corrected chi connectivity index (χ3v) is 6.66. The Bertz CT molecular complexity index is 1190. The maximum atomic E-state index is 6.66. The molecule has 1 aromatic carbocycles. The number of aromatic nitrogens is 3. The van der Waals surface area contributed by atoms with Gasteiger partial charge in [-0.15, -0.1) is 0 Å². The lowest BCUT2D eigenvalue weighted by atomic mass is 9.86. The van der Waals surface area contributed by atoms with Gasteiger partial charge >= 0.3 is 0 Å². The van der Waals surface area contributed by atoms with Crippen molar-refractivity contribution in [2.45, 2.75) is 18.9 Å². The van der Waals surface area contributed by atoms with Crippen molar-refractivity contribution in [1.29, 1.82) is 0 Å². The molecule has 29 heavy (non-hydrogen) atoms. The number of pyridine rings is 2. The van der Waals surface area contributed by atoms with Crippen LogP contribution in [0, 0.1) is 5.92 Å². The number of rotatable bonds is 3. The first-order chi connectivity index (χ1) is 14.1. The Morgan fingerprint density at radius 3 is 2.59 bits per heavy atom. The summed E-state index contributed by atoms with van der Waals surface area (Å²) >= 11 is 16.8. The summed E-state index contributed by atoms with van der Waals surface area (Å²) in [7, 11) is 0. The first-order valence-corrected chi connectivity index (χ1v) is 11.1. The van der Waals surface area contributed by atoms with Gasteiger partial charge in [-0.2, -0.15) is 0 Å². The van der Waals surface area contributed by atoms with Gasteiger partial charge in [-0.25, -0.2) is 4.98 Å². The van der Waals surface area contributed by atoms with Crippen molar-refractivity contribution < 1.29 is 4.74 Å². The van der Waals surface area contributed by atoms with Gasteiger partial charge in [0.15, 0.2) is 5.15 Å². The van der Waals surface area contributed by atoms with Gasteiger partial charge in [-0.05, 0) is 46.3 Å². The molecule has 0 unspecified atom stereocenters. The molecule has 4 heterocycles. The molecular weight excluding hydrogens is 473 g/mol. The van der Waals surface area contributed by atoms with E-state index in [0.717, 1.165) is 52.5 Å². The van der Waals surface area contributed by atoms with Crippen LogP contribution in [0.4, 0.5) is 0 Å². The maximum Gasteiger partial charge on any atom is 0.153 e. The van der Waals surface area contributed by atoms with Crippen LogP contribution in [0.15, 0.2) is 53.3 Å².